The predicted octanol–water partition coefficient (Wildman–Crippen LogP) is 25.6. The van der Waals surface area contributed by atoms with Crippen molar-refractivity contribution in [1.29, 1.82) is 0 Å². The van der Waals surface area contributed by atoms with Crippen LogP contribution in [0.3, 0.4) is 0 Å². The molecule has 15 heteroatoms. The molecule has 0 bridgehead atoms. The normalized spacial score (nSPS) is 13.2. The van der Waals surface area contributed by atoms with Crippen molar-refractivity contribution in [3.8, 4) is 73.6 Å². The van der Waals surface area contributed by atoms with Crippen LogP contribution in [0.25, 0.3) is 128 Å². The van der Waals surface area contributed by atoms with Crippen LogP contribution >= 0.6 is 57.1 Å². The van der Waals surface area contributed by atoms with Gasteiger partial charge in [-0.25, -0.2) is 0 Å². The van der Waals surface area contributed by atoms with Crippen molar-refractivity contribution in [2.24, 2.45) is 0 Å². The monoisotopic (exact) mass is 1450 g/mol. The van der Waals surface area contributed by atoms with Gasteiger partial charge >= 0.3 is 0 Å². The van der Waals surface area contributed by atoms with Crippen molar-refractivity contribution >= 4 is 135 Å². The summed E-state index contributed by atoms with van der Waals surface area (Å²) < 4.78 is 15.2. The number of hydrogen-bond donors (Lipinski definition) is 0. The highest BCUT2D eigenvalue weighted by Gasteiger charge is 2.36. The lowest BCUT2D eigenvalue weighted by Gasteiger charge is -2.29. The summed E-state index contributed by atoms with van der Waals surface area (Å²) in [7, 11) is 1.52. The topological polar surface area (TPSA) is 110 Å². The number of imide groups is 2. The molecule has 0 unspecified atom stereocenters. The molecule has 2 aliphatic heterocycles. The number of aryl methyl sites for hydroxylation is 1. The second kappa shape index (κ2) is 30.6. The van der Waals surface area contributed by atoms with Crippen LogP contribution in [0.2, 0.25) is 0 Å². The molecule has 9 heterocycles. The molecule has 0 fully saturated rings. The highest BCUT2D eigenvalue weighted by Crippen LogP contribution is 2.49. The zero-order valence-corrected chi connectivity index (χ0v) is 63.2. The summed E-state index contributed by atoms with van der Waals surface area (Å²) >= 11 is 8.66. The minimum atomic E-state index is -0.325. The average molecular weight is 1450 g/mol. The second-order valence-corrected chi connectivity index (χ2v) is 33.2. The Kier molecular flexibility index (Phi) is 20.4. The van der Waals surface area contributed by atoms with E-state index in [2.05, 4.69) is 138 Å². The maximum Gasteiger partial charge on any atom is 0.261 e. The minimum absolute atomic E-state index is 0.284. The third-order valence-electron chi connectivity index (χ3n) is 21.7. The molecular formula is C88H86N6O4S5. The van der Waals surface area contributed by atoms with E-state index < -0.39 is 0 Å². The summed E-state index contributed by atoms with van der Waals surface area (Å²) in [5, 5.41) is 6.56. The quantitative estimate of drug-likeness (QED) is 0.0175. The molecule has 7 aromatic carbocycles. The lowest BCUT2D eigenvalue weighted by molar-refractivity contribution is 0.0604. The third-order valence-corrected chi connectivity index (χ3v) is 26.8. The Morgan fingerprint density at radius 1 is 0.311 bits per heavy atom. The molecule has 522 valence electrons. The molecule has 7 aromatic heterocycles. The number of fused-ring (bicyclic) bond motifs is 3. The van der Waals surface area contributed by atoms with Crippen LogP contribution in [0.4, 0.5) is 0 Å². The Morgan fingerprint density at radius 2 is 0.670 bits per heavy atom. The number of rotatable bonds is 33. The van der Waals surface area contributed by atoms with Gasteiger partial charge in [-0.05, 0) is 161 Å². The van der Waals surface area contributed by atoms with E-state index >= 15 is 0 Å². The number of hydrogen-bond acceptors (Lipinski definition) is 11. The molecular weight excluding hydrogens is 1370 g/mol. The van der Waals surface area contributed by atoms with Crippen molar-refractivity contribution in [2.45, 2.75) is 168 Å². The number of carbonyl (C=O) groups excluding carboxylic acids is 4. The van der Waals surface area contributed by atoms with Gasteiger partial charge in [0, 0.05) is 90.3 Å². The van der Waals surface area contributed by atoms with Crippen LogP contribution in [0.5, 0.6) is 0 Å². The number of nitrogens with zero attached hydrogens (tertiary/aromatic N) is 6. The summed E-state index contributed by atoms with van der Waals surface area (Å²) in [5.74, 6) is -1.22. The molecule has 4 amide bonds. The smallest absolute Gasteiger partial charge is 0.261 e. The first-order valence-electron chi connectivity index (χ1n) is 37.6. The Hall–Kier alpha value is -8.70. The molecule has 103 heavy (non-hydrogen) atoms. The van der Waals surface area contributed by atoms with E-state index in [0.717, 1.165) is 86.8 Å². The van der Waals surface area contributed by atoms with E-state index in [1.54, 1.807) is 23.5 Å². The van der Waals surface area contributed by atoms with Gasteiger partial charge in [0.25, 0.3) is 23.6 Å². The summed E-state index contributed by atoms with van der Waals surface area (Å²) in [6.07, 6.45) is 27.3. The standard InChI is InChI=1S/C88H86N6O4S5/c1-4-6-8-10-12-14-16-18-20-25-53-92-68(75-46-31-57(99-75)30-27-55-94-87(97)66-40-34-60-58-32-38-64-81-65(86(96)91(3)85(64)95)39-33-59(79(58)81)61-35-41-67(88(94)98)82(66)80(60)61)42-43-70(92)77-51-48-73(101-77)62-36-37-63(84-83(62)89-103-90-84)74-49-52-78(102-74)71-45-44-69(76-50-47-72(100-76)56-28-23-22-24-29-56)93(71)54-26-21-19-17-15-13-11-9-7-5-2/h22-24,28-29,31-52H,4-21,25-27,30,53-55H2,1-3H3. The Bertz CT molecular complexity index is 5340. The van der Waals surface area contributed by atoms with E-state index in [4.69, 9.17) is 8.75 Å². The van der Waals surface area contributed by atoms with E-state index in [1.165, 1.54) is 212 Å². The maximum atomic E-state index is 14.6. The van der Waals surface area contributed by atoms with Crippen LogP contribution in [0, 0.1) is 0 Å². The van der Waals surface area contributed by atoms with Crippen molar-refractivity contribution in [3.05, 3.63) is 191 Å². The number of aromatic nitrogens is 4. The van der Waals surface area contributed by atoms with Gasteiger partial charge in [0.15, 0.2) is 0 Å². The first kappa shape index (κ1) is 68.7. The molecule has 0 aliphatic carbocycles. The van der Waals surface area contributed by atoms with Gasteiger partial charge in [-0.3, -0.25) is 29.0 Å². The summed E-state index contributed by atoms with van der Waals surface area (Å²) in [6.45, 7) is 6.78. The molecule has 0 spiro atoms. The fourth-order valence-corrected chi connectivity index (χ4v) is 21.1. The van der Waals surface area contributed by atoms with Crippen molar-refractivity contribution in [1.82, 2.24) is 27.7 Å². The number of carbonyl (C=O) groups is 4. The molecule has 14 aromatic rings. The van der Waals surface area contributed by atoms with Crippen LogP contribution < -0.4 is 0 Å². The Labute approximate surface area is 623 Å². The Balaban J connectivity index is 0.626. The van der Waals surface area contributed by atoms with Crippen molar-refractivity contribution in [3.63, 3.8) is 0 Å². The first-order chi connectivity index (χ1) is 50.6. The van der Waals surface area contributed by atoms with Gasteiger partial charge in [0.2, 0.25) is 0 Å². The number of benzene rings is 7. The second-order valence-electron chi connectivity index (χ2n) is 28.3. The fourth-order valence-electron chi connectivity index (χ4n) is 16.2. The number of unbranched alkanes of at least 4 members (excludes halogenated alkanes) is 18. The fraction of sp³-hybridized carbons (Fsp3) is 0.318. The van der Waals surface area contributed by atoms with Gasteiger partial charge < -0.3 is 9.13 Å². The third kappa shape index (κ3) is 13.2. The van der Waals surface area contributed by atoms with Crippen LogP contribution in [-0.4, -0.2) is 64.9 Å². The van der Waals surface area contributed by atoms with Crippen molar-refractivity contribution in [2.75, 3.05) is 13.6 Å². The van der Waals surface area contributed by atoms with E-state index in [0.29, 0.717) is 46.0 Å². The zero-order valence-electron chi connectivity index (χ0n) is 59.1. The van der Waals surface area contributed by atoms with Crippen molar-refractivity contribution < 1.29 is 19.2 Å². The Morgan fingerprint density at radius 3 is 1.11 bits per heavy atom. The molecule has 16 rings (SSSR count). The predicted molar refractivity (Wildman–Crippen MR) is 434 cm³/mol. The maximum absolute atomic E-state index is 14.6. The molecule has 0 N–H and O–H groups in total. The molecule has 0 saturated carbocycles. The van der Waals surface area contributed by atoms with E-state index in [9.17, 15) is 19.2 Å². The average Bonchev–Trinajstić information content (AvgIpc) is 1.67. The van der Waals surface area contributed by atoms with E-state index in [1.807, 2.05) is 70.4 Å². The zero-order chi connectivity index (χ0) is 70.1. The van der Waals surface area contributed by atoms with Gasteiger partial charge in [-0.1, -0.05) is 196 Å². The van der Waals surface area contributed by atoms with Gasteiger partial charge in [-0.15, -0.1) is 45.3 Å². The van der Waals surface area contributed by atoms with Gasteiger partial charge in [0.1, 0.15) is 11.0 Å². The molecule has 2 aliphatic rings. The molecule has 0 atom stereocenters. The van der Waals surface area contributed by atoms with Crippen LogP contribution in [-0.2, 0) is 19.5 Å². The van der Waals surface area contributed by atoms with Crippen LogP contribution in [0.15, 0.2) is 164 Å². The van der Waals surface area contributed by atoms with E-state index in [-0.39, 0.29) is 23.6 Å². The van der Waals surface area contributed by atoms with Gasteiger partial charge in [-0.2, -0.15) is 8.75 Å². The van der Waals surface area contributed by atoms with Crippen LogP contribution in [0.1, 0.15) is 195 Å². The van der Waals surface area contributed by atoms with Gasteiger partial charge in [0.05, 0.1) is 54.0 Å². The minimum Gasteiger partial charge on any atom is -0.339 e. The lowest BCUT2D eigenvalue weighted by atomic mass is 9.82. The summed E-state index contributed by atoms with van der Waals surface area (Å²) in [6, 6.07) is 58.0. The molecule has 0 radical (unpaired) electrons. The highest BCUT2D eigenvalue weighted by molar-refractivity contribution is 7.20. The summed E-state index contributed by atoms with van der Waals surface area (Å²) in [4.78, 5) is 68.5. The highest BCUT2D eigenvalue weighted by atomic mass is 32.1. The molecule has 10 nitrogen and oxygen atoms in total. The SMILES string of the molecule is CCCCCCCCCCCCn1c(-c2ccc(CCCN3C(=O)c4ccc5c6ccc7c8c(ccc(c9ccc(c4c59)C3=O)c86)C(=O)N(C)C7=O)s2)ccc1-c1ccc(-c2ccc(-c3ccc(-c4ccc(-c5ccc(-c6ccccc6)s5)n4CCCCCCCCCCCC)s3)c3nsnc23)s1. The lowest BCUT2D eigenvalue weighted by Crippen LogP contribution is -2.41. The summed E-state index contributed by atoms with van der Waals surface area (Å²) in [5.41, 5.74) is 12.4. The number of thiophene rings is 4. The largest absolute Gasteiger partial charge is 0.339 e. The first-order valence-corrected chi connectivity index (χ1v) is 41.6. The molecule has 0 saturated heterocycles. The number of amides is 4.